The van der Waals surface area contributed by atoms with E-state index < -0.39 is 38.6 Å². The van der Waals surface area contributed by atoms with E-state index in [-0.39, 0.29) is 26.1 Å². The second-order valence-corrected chi connectivity index (χ2v) is 16.3. The average molecular weight is 819 g/mol. The van der Waals surface area contributed by atoms with Gasteiger partial charge in [-0.1, -0.05) is 124 Å². The molecule has 0 aliphatic heterocycles. The Morgan fingerprint density at radius 2 is 1.19 bits per heavy atom. The van der Waals surface area contributed by atoms with E-state index >= 15 is 0 Å². The van der Waals surface area contributed by atoms with Gasteiger partial charge in [0.2, 0.25) is 0 Å². The minimum Gasteiger partial charge on any atom is -0.462 e. The number of quaternary nitrogens is 1. The Bertz CT molecular complexity index is 1310. The molecule has 0 aliphatic rings. The number of phosphoric ester groups is 1. The minimum atomic E-state index is -4.44. The summed E-state index contributed by atoms with van der Waals surface area (Å²) in [6.07, 6.45) is 45.0. The highest BCUT2D eigenvalue weighted by Gasteiger charge is 2.27. The average Bonchev–Trinajstić information content (AvgIpc) is 3.15. The summed E-state index contributed by atoms with van der Waals surface area (Å²) in [6, 6.07) is 0. The molecule has 0 fully saturated rings. The summed E-state index contributed by atoms with van der Waals surface area (Å²) in [7, 11) is 1.33. The van der Waals surface area contributed by atoms with E-state index in [1.165, 1.54) is 19.3 Å². The van der Waals surface area contributed by atoms with Crippen molar-refractivity contribution in [1.29, 1.82) is 0 Å². The maximum atomic E-state index is 12.7. The van der Waals surface area contributed by atoms with Crippen molar-refractivity contribution >= 4 is 19.8 Å². The first kappa shape index (κ1) is 53.9. The first-order chi connectivity index (χ1) is 27.4. The number of phosphoric acid groups is 1. The molecule has 57 heavy (non-hydrogen) atoms. The molecule has 0 amide bonds. The van der Waals surface area contributed by atoms with Crippen LogP contribution < -0.4 is 0 Å². The zero-order valence-corrected chi connectivity index (χ0v) is 36.8. The molecule has 0 aliphatic carbocycles. The molecule has 0 spiro atoms. The Labute approximate surface area is 346 Å². The molecule has 11 heteroatoms. The molecule has 0 saturated heterocycles. The number of likely N-dealkylation sites (N-methyl/N-ethyl adjacent to an activating group) is 1. The maximum absolute atomic E-state index is 12.7. The Morgan fingerprint density at radius 3 is 1.77 bits per heavy atom. The number of carbonyl (C=O) groups excluding carboxylic acids is 2. The number of carbonyl (C=O) groups is 2. The Morgan fingerprint density at radius 1 is 0.649 bits per heavy atom. The lowest BCUT2D eigenvalue weighted by molar-refractivity contribution is -0.870. The van der Waals surface area contributed by atoms with Crippen LogP contribution in [0.3, 0.4) is 0 Å². The van der Waals surface area contributed by atoms with Gasteiger partial charge < -0.3 is 24.0 Å². The molecule has 324 valence electrons. The summed E-state index contributed by atoms with van der Waals surface area (Å²) >= 11 is 0. The van der Waals surface area contributed by atoms with Gasteiger partial charge in [0.25, 0.3) is 0 Å². The third kappa shape index (κ3) is 40.9. The number of ether oxygens (including phenoxy) is 2. The monoisotopic (exact) mass is 819 g/mol. The molecule has 2 unspecified atom stereocenters. The third-order valence-electron chi connectivity index (χ3n) is 8.20. The smallest absolute Gasteiger partial charge is 0.462 e. The van der Waals surface area contributed by atoms with E-state index in [0.29, 0.717) is 30.3 Å². The van der Waals surface area contributed by atoms with Crippen LogP contribution >= 0.6 is 7.82 Å². The number of esters is 2. The third-order valence-corrected chi connectivity index (χ3v) is 9.19. The van der Waals surface area contributed by atoms with E-state index in [1.54, 1.807) is 12.2 Å². The van der Waals surface area contributed by atoms with Gasteiger partial charge in [0.05, 0.1) is 33.9 Å². The second-order valence-electron chi connectivity index (χ2n) is 14.8. The zero-order valence-electron chi connectivity index (χ0n) is 35.9. The minimum absolute atomic E-state index is 0.0114. The lowest BCUT2D eigenvalue weighted by atomic mass is 10.1. The van der Waals surface area contributed by atoms with Crippen molar-refractivity contribution in [3.8, 4) is 0 Å². The van der Waals surface area contributed by atoms with Crippen molar-refractivity contribution in [2.75, 3.05) is 47.5 Å². The van der Waals surface area contributed by atoms with E-state index in [4.69, 9.17) is 18.5 Å². The van der Waals surface area contributed by atoms with E-state index in [9.17, 15) is 24.2 Å². The van der Waals surface area contributed by atoms with Gasteiger partial charge in [0.15, 0.2) is 6.10 Å². The van der Waals surface area contributed by atoms with Gasteiger partial charge in [-0.3, -0.25) is 18.6 Å². The predicted octanol–water partition coefficient (Wildman–Crippen LogP) is 10.8. The normalized spacial score (nSPS) is 15.1. The van der Waals surface area contributed by atoms with Gasteiger partial charge in [-0.05, 0) is 83.5 Å². The molecule has 0 heterocycles. The molecule has 10 nitrogen and oxygen atoms in total. The number of aliphatic hydroxyl groups excluding tert-OH is 1. The van der Waals surface area contributed by atoms with E-state index in [0.717, 1.165) is 57.8 Å². The summed E-state index contributed by atoms with van der Waals surface area (Å²) in [4.78, 5) is 35.3. The fourth-order valence-corrected chi connectivity index (χ4v) is 5.61. The van der Waals surface area contributed by atoms with Crippen LogP contribution in [-0.4, -0.2) is 86.1 Å². The number of allylic oxidation sites excluding steroid dienone is 15. The molecule has 0 rings (SSSR count). The lowest BCUT2D eigenvalue weighted by Gasteiger charge is -2.24. The first-order valence-corrected chi connectivity index (χ1v) is 22.6. The summed E-state index contributed by atoms with van der Waals surface area (Å²) in [5.41, 5.74) is 0. The molecule has 0 aromatic rings. The molecular formula is C46H77NO9P+. The summed E-state index contributed by atoms with van der Waals surface area (Å²) in [6.45, 7) is 3.97. The highest BCUT2D eigenvalue weighted by molar-refractivity contribution is 7.47. The van der Waals surface area contributed by atoms with Crippen LogP contribution in [0, 0.1) is 0 Å². The number of rotatable bonds is 36. The first-order valence-electron chi connectivity index (χ1n) is 21.1. The van der Waals surface area contributed by atoms with E-state index in [2.05, 4.69) is 86.8 Å². The summed E-state index contributed by atoms with van der Waals surface area (Å²) in [5.74, 6) is -1.06. The second kappa shape index (κ2) is 37.2. The largest absolute Gasteiger partial charge is 0.472 e. The Kier molecular flexibility index (Phi) is 35.2. The van der Waals surface area contributed by atoms with Gasteiger partial charge in [-0.2, -0.15) is 0 Å². The molecule has 0 radical (unpaired) electrons. The van der Waals surface area contributed by atoms with Crippen molar-refractivity contribution in [3.05, 3.63) is 97.2 Å². The van der Waals surface area contributed by atoms with Crippen molar-refractivity contribution in [2.45, 2.75) is 135 Å². The van der Waals surface area contributed by atoms with Gasteiger partial charge in [0.1, 0.15) is 19.8 Å². The zero-order chi connectivity index (χ0) is 42.3. The SMILES string of the molecule is CC/C=C\C/C=C\C/C=C\C/C=C\C=C\C(O)CCCC(=O)OC[C@H](COP(=O)(O)OCC[N+](C)(C)C)OC(=O)CCCC/C=C\C/C=C\C/C=C\CCCCC. The maximum Gasteiger partial charge on any atom is 0.472 e. The molecule has 0 aromatic carbocycles. The van der Waals surface area contributed by atoms with Gasteiger partial charge in [-0.15, -0.1) is 0 Å². The molecule has 3 atom stereocenters. The summed E-state index contributed by atoms with van der Waals surface area (Å²) < 4.78 is 34.0. The van der Waals surface area contributed by atoms with Crippen molar-refractivity contribution < 1.29 is 47.2 Å². The van der Waals surface area contributed by atoms with Gasteiger partial charge in [0, 0.05) is 12.8 Å². The Balaban J connectivity index is 4.68. The van der Waals surface area contributed by atoms with Crippen LogP contribution in [0.2, 0.25) is 0 Å². The highest BCUT2D eigenvalue weighted by atomic mass is 31.2. The molecule has 2 N–H and O–H groups in total. The topological polar surface area (TPSA) is 129 Å². The fourth-order valence-electron chi connectivity index (χ4n) is 4.87. The quantitative estimate of drug-likeness (QED) is 0.0159. The lowest BCUT2D eigenvalue weighted by Crippen LogP contribution is -2.37. The number of hydrogen-bond acceptors (Lipinski definition) is 8. The Hall–Kier alpha value is -3.11. The van der Waals surface area contributed by atoms with E-state index in [1.807, 2.05) is 33.3 Å². The van der Waals surface area contributed by atoms with Crippen LogP contribution in [0.4, 0.5) is 0 Å². The van der Waals surface area contributed by atoms with Gasteiger partial charge >= 0.3 is 19.8 Å². The van der Waals surface area contributed by atoms with Crippen molar-refractivity contribution in [2.24, 2.45) is 0 Å². The fraction of sp³-hybridized carbons (Fsp3) is 0.609. The van der Waals surface area contributed by atoms with Crippen LogP contribution in [-0.2, 0) is 32.7 Å². The number of aliphatic hydroxyl groups is 1. The molecule has 0 saturated carbocycles. The number of unbranched alkanes of at least 4 members (excludes halogenated alkanes) is 5. The van der Waals surface area contributed by atoms with Crippen molar-refractivity contribution in [1.82, 2.24) is 0 Å². The van der Waals surface area contributed by atoms with Crippen LogP contribution in [0.1, 0.15) is 123 Å². The van der Waals surface area contributed by atoms with Crippen LogP contribution in [0.25, 0.3) is 0 Å². The van der Waals surface area contributed by atoms with Crippen LogP contribution in [0.15, 0.2) is 97.2 Å². The molecular weight excluding hydrogens is 741 g/mol. The van der Waals surface area contributed by atoms with Crippen LogP contribution in [0.5, 0.6) is 0 Å². The molecule has 0 aromatic heterocycles. The summed E-state index contributed by atoms with van der Waals surface area (Å²) in [5, 5.41) is 10.3. The molecule has 0 bridgehead atoms. The predicted molar refractivity (Wildman–Crippen MR) is 234 cm³/mol. The van der Waals surface area contributed by atoms with Crippen molar-refractivity contribution in [3.63, 3.8) is 0 Å². The number of nitrogens with zero attached hydrogens (tertiary/aromatic N) is 1. The standard InChI is InChI=1S/C46H76NO9P/c1-6-8-10-12-14-16-18-20-21-23-25-27-29-31-33-37-46(50)56-44(42-55-57(51,52)54-40-39-47(3,4)5)41-53-45(49)38-34-36-43(48)35-32-30-28-26-24-22-19-17-15-13-11-9-7-2/h9,11,14-17,20-22,24-25,27-28,30,32,35,43-44,48H,6-8,10,12-13,18-19,23,26,29,31,33-34,36-42H2,1-5H3/p+1/b11-9-,16-14-,17-15-,21-20-,24-22-,27-25-,30-28-,35-32+/t43?,44-/m1/s1. The highest BCUT2D eigenvalue weighted by Crippen LogP contribution is 2.43. The van der Waals surface area contributed by atoms with Gasteiger partial charge in [-0.25, -0.2) is 4.57 Å². The number of hydrogen-bond donors (Lipinski definition) is 2.